The molecule has 0 N–H and O–H groups in total. The average molecular weight is 261 g/mol. The van der Waals surface area contributed by atoms with Crippen LogP contribution < -0.4 is 4.57 Å². The Bertz CT molecular complexity index is 364. The maximum absolute atomic E-state index is 12.6. The maximum Gasteiger partial charge on any atom is 0.457 e. The molecule has 1 aromatic heterocycles. The van der Waals surface area contributed by atoms with Crippen molar-refractivity contribution in [2.45, 2.75) is 39.3 Å². The van der Waals surface area contributed by atoms with Gasteiger partial charge >= 0.3 is 12.4 Å². The summed E-state index contributed by atoms with van der Waals surface area (Å²) in [6.45, 7) is 2.36. The summed E-state index contributed by atoms with van der Waals surface area (Å²) in [5.41, 5.74) is -3.29. The van der Waals surface area contributed by atoms with Crippen molar-refractivity contribution in [3.8, 4) is 0 Å². The van der Waals surface area contributed by atoms with Crippen LogP contribution in [0.25, 0.3) is 0 Å². The SMILES string of the molecule is CCn1c[n+](CC)c(C(F)(F)F)c1C(F)(F)F. The maximum atomic E-state index is 12.6. The van der Waals surface area contributed by atoms with Gasteiger partial charge in [-0.05, 0) is 13.8 Å². The second-order valence-corrected chi connectivity index (χ2v) is 3.38. The zero-order valence-corrected chi connectivity index (χ0v) is 9.15. The van der Waals surface area contributed by atoms with Crippen molar-refractivity contribution < 1.29 is 30.9 Å². The van der Waals surface area contributed by atoms with Crippen LogP contribution in [0.1, 0.15) is 25.2 Å². The number of aromatic nitrogens is 2. The van der Waals surface area contributed by atoms with Gasteiger partial charge in [-0.1, -0.05) is 0 Å². The predicted octanol–water partition coefficient (Wildman–Crippen LogP) is 2.85. The van der Waals surface area contributed by atoms with Gasteiger partial charge in [0.25, 0.3) is 11.4 Å². The Morgan fingerprint density at radius 2 is 1.59 bits per heavy atom. The highest BCUT2D eigenvalue weighted by Crippen LogP contribution is 2.38. The van der Waals surface area contributed by atoms with E-state index in [1.807, 2.05) is 0 Å². The molecule has 0 aromatic carbocycles. The molecule has 0 aliphatic carbocycles. The summed E-state index contributed by atoms with van der Waals surface area (Å²) in [5, 5.41) is 0. The Morgan fingerprint density at radius 1 is 1.06 bits per heavy atom. The fourth-order valence-corrected chi connectivity index (χ4v) is 1.63. The number of alkyl halides is 6. The van der Waals surface area contributed by atoms with Gasteiger partial charge in [0.2, 0.25) is 6.33 Å². The lowest BCUT2D eigenvalue weighted by molar-refractivity contribution is -0.711. The standard InChI is InChI=1S/C9H11F6N2/c1-3-16-5-17(4-2)7(9(13,14)15)6(16)8(10,11)12/h5H,3-4H2,1-2H3/q+1. The van der Waals surface area contributed by atoms with Crippen molar-refractivity contribution in [3.63, 3.8) is 0 Å². The summed E-state index contributed by atoms with van der Waals surface area (Å²) in [4.78, 5) is 0. The van der Waals surface area contributed by atoms with Gasteiger partial charge in [0.15, 0.2) is 0 Å². The molecule has 0 aliphatic heterocycles. The number of nitrogens with zero attached hydrogens (tertiary/aromatic N) is 2. The summed E-state index contributed by atoms with van der Waals surface area (Å²) in [6.07, 6.45) is -9.21. The summed E-state index contributed by atoms with van der Waals surface area (Å²) >= 11 is 0. The molecular weight excluding hydrogens is 250 g/mol. The van der Waals surface area contributed by atoms with Crippen LogP contribution in [0.15, 0.2) is 6.33 Å². The molecule has 2 nitrogen and oxygen atoms in total. The molecule has 0 spiro atoms. The van der Waals surface area contributed by atoms with E-state index in [0.29, 0.717) is 9.13 Å². The quantitative estimate of drug-likeness (QED) is 0.572. The van der Waals surface area contributed by atoms with Crippen LogP contribution >= 0.6 is 0 Å². The number of aryl methyl sites for hydroxylation is 2. The largest absolute Gasteiger partial charge is 0.457 e. The number of imidazole rings is 1. The molecule has 0 amide bonds. The first-order valence-electron chi connectivity index (χ1n) is 4.89. The van der Waals surface area contributed by atoms with Crippen molar-refractivity contribution in [1.29, 1.82) is 0 Å². The van der Waals surface area contributed by atoms with Gasteiger partial charge in [-0.25, -0.2) is 9.13 Å². The van der Waals surface area contributed by atoms with Crippen molar-refractivity contribution in [2.24, 2.45) is 0 Å². The molecule has 0 atom stereocenters. The Balaban J connectivity index is 3.58. The van der Waals surface area contributed by atoms with Crippen LogP contribution in [0, 0.1) is 0 Å². The number of rotatable bonds is 2. The Hall–Kier alpha value is -1.21. The van der Waals surface area contributed by atoms with E-state index in [2.05, 4.69) is 0 Å². The van der Waals surface area contributed by atoms with Gasteiger partial charge in [-0.2, -0.15) is 26.3 Å². The van der Waals surface area contributed by atoms with Crippen molar-refractivity contribution in [2.75, 3.05) is 0 Å². The highest BCUT2D eigenvalue weighted by Gasteiger charge is 2.53. The minimum absolute atomic E-state index is 0.176. The summed E-state index contributed by atoms with van der Waals surface area (Å²) in [6, 6.07) is 0. The first-order chi connectivity index (χ1) is 7.62. The normalized spacial score (nSPS) is 13.2. The van der Waals surface area contributed by atoms with Gasteiger partial charge < -0.3 is 0 Å². The smallest absolute Gasteiger partial charge is 0.226 e. The third kappa shape index (κ3) is 2.55. The highest BCUT2D eigenvalue weighted by atomic mass is 19.4. The Labute approximate surface area is 93.5 Å². The van der Waals surface area contributed by atoms with E-state index in [0.717, 1.165) is 6.33 Å². The molecule has 17 heavy (non-hydrogen) atoms. The number of hydrogen-bond donors (Lipinski definition) is 0. The zero-order chi connectivity index (χ0) is 13.4. The fraction of sp³-hybridized carbons (Fsp3) is 0.667. The molecule has 0 bridgehead atoms. The van der Waals surface area contributed by atoms with Crippen molar-refractivity contribution in [1.82, 2.24) is 4.57 Å². The molecule has 8 heteroatoms. The summed E-state index contributed by atoms with van der Waals surface area (Å²) in [5.74, 6) is 0. The highest BCUT2D eigenvalue weighted by molar-refractivity contribution is 5.15. The molecule has 98 valence electrons. The van der Waals surface area contributed by atoms with E-state index in [9.17, 15) is 26.3 Å². The van der Waals surface area contributed by atoms with Crippen molar-refractivity contribution >= 4 is 0 Å². The Kier molecular flexibility index (Phi) is 3.45. The van der Waals surface area contributed by atoms with E-state index in [-0.39, 0.29) is 13.1 Å². The number of halogens is 6. The molecule has 1 aromatic rings. The van der Waals surface area contributed by atoms with Crippen LogP contribution in [0.2, 0.25) is 0 Å². The van der Waals surface area contributed by atoms with Gasteiger partial charge in [-0.15, -0.1) is 0 Å². The van der Waals surface area contributed by atoms with Crippen LogP contribution in [0.3, 0.4) is 0 Å². The molecule has 0 fully saturated rings. The van der Waals surface area contributed by atoms with Crippen LogP contribution in [-0.2, 0) is 25.4 Å². The van der Waals surface area contributed by atoms with Gasteiger partial charge in [0.1, 0.15) is 0 Å². The van der Waals surface area contributed by atoms with Gasteiger partial charge in [0, 0.05) is 0 Å². The molecule has 0 saturated carbocycles. The number of hydrogen-bond acceptors (Lipinski definition) is 0. The second kappa shape index (κ2) is 4.23. The summed E-state index contributed by atoms with van der Waals surface area (Å²) < 4.78 is 77.0. The molecule has 0 saturated heterocycles. The first-order valence-corrected chi connectivity index (χ1v) is 4.89. The van der Waals surface area contributed by atoms with Gasteiger partial charge in [-0.3, -0.25) is 0 Å². The van der Waals surface area contributed by atoms with Crippen LogP contribution in [0.4, 0.5) is 26.3 Å². The first kappa shape index (κ1) is 13.9. The lowest BCUT2D eigenvalue weighted by Gasteiger charge is -2.09. The van der Waals surface area contributed by atoms with E-state index >= 15 is 0 Å². The molecule has 0 aliphatic rings. The lowest BCUT2D eigenvalue weighted by Crippen LogP contribution is -2.39. The molecule has 1 heterocycles. The van der Waals surface area contributed by atoms with E-state index in [4.69, 9.17) is 0 Å². The molecule has 0 unspecified atom stereocenters. The van der Waals surface area contributed by atoms with Crippen LogP contribution in [-0.4, -0.2) is 4.57 Å². The topological polar surface area (TPSA) is 8.81 Å². The van der Waals surface area contributed by atoms with Gasteiger partial charge in [0.05, 0.1) is 13.1 Å². The third-order valence-corrected chi connectivity index (χ3v) is 2.30. The predicted molar refractivity (Wildman–Crippen MR) is 46.0 cm³/mol. The minimum Gasteiger partial charge on any atom is -0.226 e. The zero-order valence-electron chi connectivity index (χ0n) is 9.15. The molecule has 1 rings (SSSR count). The third-order valence-electron chi connectivity index (χ3n) is 2.30. The van der Waals surface area contributed by atoms with E-state index in [1.54, 1.807) is 0 Å². The van der Waals surface area contributed by atoms with E-state index in [1.165, 1.54) is 13.8 Å². The van der Waals surface area contributed by atoms with E-state index < -0.39 is 23.7 Å². The molecular formula is C9H11F6N2+. The molecule has 0 radical (unpaired) electrons. The average Bonchev–Trinajstić information content (AvgIpc) is 2.54. The monoisotopic (exact) mass is 261 g/mol. The lowest BCUT2D eigenvalue weighted by atomic mass is 10.3. The Morgan fingerprint density at radius 3 is 1.88 bits per heavy atom. The minimum atomic E-state index is -5.03. The van der Waals surface area contributed by atoms with Crippen LogP contribution in [0.5, 0.6) is 0 Å². The second-order valence-electron chi connectivity index (χ2n) is 3.38. The summed E-state index contributed by atoms with van der Waals surface area (Å²) in [7, 11) is 0. The fourth-order valence-electron chi connectivity index (χ4n) is 1.63. The van der Waals surface area contributed by atoms with Crippen molar-refractivity contribution in [3.05, 3.63) is 17.7 Å².